The number of hydrogen-bond acceptors (Lipinski definition) is 4. The summed E-state index contributed by atoms with van der Waals surface area (Å²) < 4.78 is 1.78. The van der Waals surface area contributed by atoms with E-state index in [2.05, 4.69) is 20.4 Å². The van der Waals surface area contributed by atoms with Gasteiger partial charge in [-0.1, -0.05) is 17.7 Å². The summed E-state index contributed by atoms with van der Waals surface area (Å²) in [6.07, 6.45) is 3.33. The maximum absolute atomic E-state index is 12.1. The molecule has 2 aromatic heterocycles. The second-order valence-corrected chi connectivity index (χ2v) is 5.20. The Bertz CT molecular complexity index is 802. The van der Waals surface area contributed by atoms with Crippen molar-refractivity contribution in [2.45, 2.75) is 20.0 Å². The van der Waals surface area contributed by atoms with Gasteiger partial charge in [-0.3, -0.25) is 4.79 Å². The van der Waals surface area contributed by atoms with E-state index >= 15 is 0 Å². The molecule has 0 unspecified atom stereocenters. The highest BCUT2D eigenvalue weighted by Gasteiger charge is 2.13. The number of nitrogens with zero attached hydrogens (tertiary/aromatic N) is 3. The second kappa shape index (κ2) is 6.45. The molecule has 0 fully saturated rings. The first kappa shape index (κ1) is 15.0. The molecule has 7 nitrogen and oxygen atoms in total. The van der Waals surface area contributed by atoms with Crippen LogP contribution in [0.3, 0.4) is 0 Å². The van der Waals surface area contributed by atoms with E-state index in [1.807, 2.05) is 43.5 Å². The number of nitrogens with two attached hydrogens (primary N) is 1. The number of aromatic nitrogens is 4. The van der Waals surface area contributed by atoms with Gasteiger partial charge in [0.15, 0.2) is 0 Å². The lowest BCUT2D eigenvalue weighted by molar-refractivity contribution is 0.0945. The van der Waals surface area contributed by atoms with E-state index in [1.54, 1.807) is 4.68 Å². The lowest BCUT2D eigenvalue weighted by atomic mass is 10.2. The Labute approximate surface area is 133 Å². The molecule has 118 valence electrons. The van der Waals surface area contributed by atoms with E-state index in [-0.39, 0.29) is 12.5 Å². The van der Waals surface area contributed by atoms with Gasteiger partial charge in [0, 0.05) is 12.7 Å². The largest absolute Gasteiger partial charge is 0.347 e. The van der Waals surface area contributed by atoms with E-state index in [9.17, 15) is 4.79 Å². The van der Waals surface area contributed by atoms with Crippen LogP contribution in [-0.2, 0) is 13.1 Å². The summed E-state index contributed by atoms with van der Waals surface area (Å²) in [5.41, 5.74) is 9.44. The average molecular weight is 310 g/mol. The molecule has 0 radical (unpaired) electrons. The third kappa shape index (κ3) is 3.29. The molecule has 1 aromatic carbocycles. The maximum Gasteiger partial charge on any atom is 0.272 e. The molecule has 0 aliphatic rings. The summed E-state index contributed by atoms with van der Waals surface area (Å²) in [5, 5.41) is 7.25. The third-order valence-electron chi connectivity index (χ3n) is 3.51. The molecule has 4 N–H and O–H groups in total. The number of amides is 1. The first-order valence-corrected chi connectivity index (χ1v) is 7.29. The van der Waals surface area contributed by atoms with Crippen LogP contribution in [0.5, 0.6) is 0 Å². The molecule has 0 saturated heterocycles. The lowest BCUT2D eigenvalue weighted by Crippen LogP contribution is -2.25. The van der Waals surface area contributed by atoms with Gasteiger partial charge in [-0.15, -0.1) is 0 Å². The molecule has 23 heavy (non-hydrogen) atoms. The van der Waals surface area contributed by atoms with E-state index in [0.29, 0.717) is 17.9 Å². The molecular weight excluding hydrogens is 292 g/mol. The van der Waals surface area contributed by atoms with Gasteiger partial charge in [-0.05, 0) is 25.1 Å². The van der Waals surface area contributed by atoms with E-state index in [0.717, 1.165) is 11.4 Å². The van der Waals surface area contributed by atoms with E-state index in [4.69, 9.17) is 5.73 Å². The summed E-state index contributed by atoms with van der Waals surface area (Å²) in [6, 6.07) is 9.94. The second-order valence-electron chi connectivity index (χ2n) is 5.20. The van der Waals surface area contributed by atoms with E-state index < -0.39 is 0 Å². The van der Waals surface area contributed by atoms with Crippen molar-refractivity contribution < 1.29 is 4.79 Å². The minimum absolute atomic E-state index is 0.241. The summed E-state index contributed by atoms with van der Waals surface area (Å²) >= 11 is 0. The predicted molar refractivity (Wildman–Crippen MR) is 86.0 cm³/mol. The van der Waals surface area contributed by atoms with Crippen LogP contribution >= 0.6 is 0 Å². The van der Waals surface area contributed by atoms with Crippen LogP contribution in [0.15, 0.2) is 42.9 Å². The Morgan fingerprint density at radius 3 is 2.83 bits per heavy atom. The quantitative estimate of drug-likeness (QED) is 0.661. The highest BCUT2D eigenvalue weighted by Crippen LogP contribution is 2.09. The van der Waals surface area contributed by atoms with Gasteiger partial charge in [0.2, 0.25) is 0 Å². The van der Waals surface area contributed by atoms with Crippen molar-refractivity contribution in [3.63, 3.8) is 0 Å². The van der Waals surface area contributed by atoms with Crippen LogP contribution < -0.4 is 11.1 Å². The van der Waals surface area contributed by atoms with Crippen LogP contribution in [0.4, 0.5) is 0 Å². The van der Waals surface area contributed by atoms with Crippen molar-refractivity contribution in [1.29, 1.82) is 0 Å². The normalized spacial score (nSPS) is 10.7. The molecule has 0 saturated carbocycles. The van der Waals surface area contributed by atoms with Crippen LogP contribution in [0.25, 0.3) is 5.69 Å². The van der Waals surface area contributed by atoms with Gasteiger partial charge in [0.05, 0.1) is 29.9 Å². The third-order valence-corrected chi connectivity index (χ3v) is 3.51. The molecule has 3 rings (SSSR count). The first-order valence-electron chi connectivity index (χ1n) is 7.29. The van der Waals surface area contributed by atoms with Gasteiger partial charge in [0.1, 0.15) is 5.69 Å². The summed E-state index contributed by atoms with van der Waals surface area (Å²) in [6.45, 7) is 2.61. The topological polar surface area (TPSA) is 102 Å². The van der Waals surface area contributed by atoms with E-state index in [1.165, 1.54) is 11.9 Å². The van der Waals surface area contributed by atoms with Gasteiger partial charge < -0.3 is 16.0 Å². The zero-order chi connectivity index (χ0) is 16.2. The number of H-pyrrole nitrogens is 1. The van der Waals surface area contributed by atoms with Crippen LogP contribution in [0.1, 0.15) is 27.4 Å². The van der Waals surface area contributed by atoms with Crippen molar-refractivity contribution in [1.82, 2.24) is 25.1 Å². The maximum atomic E-state index is 12.1. The lowest BCUT2D eigenvalue weighted by Gasteiger charge is -2.03. The average Bonchev–Trinajstić information content (AvgIpc) is 3.22. The molecule has 0 atom stereocenters. The summed E-state index contributed by atoms with van der Waals surface area (Å²) in [7, 11) is 0. The number of nitrogens with one attached hydrogen (secondary N) is 2. The zero-order valence-corrected chi connectivity index (χ0v) is 12.8. The Hall–Kier alpha value is -2.93. The minimum atomic E-state index is -0.267. The monoisotopic (exact) mass is 310 g/mol. The highest BCUT2D eigenvalue weighted by molar-refractivity contribution is 5.93. The number of carbonyl (C=O) groups excluding carboxylic acids is 1. The summed E-state index contributed by atoms with van der Waals surface area (Å²) in [4.78, 5) is 18.9. The van der Waals surface area contributed by atoms with Gasteiger partial charge in [-0.2, -0.15) is 5.10 Å². The fraction of sp³-hybridized carbons (Fsp3) is 0.188. The van der Waals surface area contributed by atoms with Crippen molar-refractivity contribution in [3.8, 4) is 5.69 Å². The van der Waals surface area contributed by atoms with Crippen LogP contribution in [-0.4, -0.2) is 25.7 Å². The summed E-state index contributed by atoms with van der Waals surface area (Å²) in [5.74, 6) is -0.267. The van der Waals surface area contributed by atoms with Crippen molar-refractivity contribution in [3.05, 3.63) is 65.5 Å². The number of hydrogen-bond donors (Lipinski definition) is 3. The number of imidazole rings is 1. The molecule has 1 amide bonds. The van der Waals surface area contributed by atoms with Crippen molar-refractivity contribution in [2.75, 3.05) is 0 Å². The fourth-order valence-electron chi connectivity index (χ4n) is 2.22. The number of benzene rings is 1. The van der Waals surface area contributed by atoms with Crippen molar-refractivity contribution in [2.24, 2.45) is 5.73 Å². The highest BCUT2D eigenvalue weighted by atomic mass is 16.1. The standard InChI is InChI=1S/C16H18N6O/c1-11-2-4-13(5-3-11)22-7-6-12(21-22)9-18-16(23)15-14(8-17)19-10-20-15/h2-7,10H,8-9,17H2,1H3,(H,18,23)(H,19,20). The first-order chi connectivity index (χ1) is 11.2. The Kier molecular flexibility index (Phi) is 4.20. The smallest absolute Gasteiger partial charge is 0.272 e. The Morgan fingerprint density at radius 2 is 2.09 bits per heavy atom. The number of aromatic amines is 1. The van der Waals surface area contributed by atoms with Gasteiger partial charge >= 0.3 is 0 Å². The number of rotatable bonds is 5. The fourth-order valence-corrected chi connectivity index (χ4v) is 2.22. The molecule has 7 heteroatoms. The Morgan fingerprint density at radius 1 is 1.30 bits per heavy atom. The molecule has 0 aliphatic heterocycles. The molecule has 0 aliphatic carbocycles. The SMILES string of the molecule is Cc1ccc(-n2ccc(CNC(=O)c3nc[nH]c3CN)n2)cc1. The minimum Gasteiger partial charge on any atom is -0.347 e. The molecule has 3 aromatic rings. The predicted octanol–water partition coefficient (Wildman–Crippen LogP) is 1.29. The molecule has 2 heterocycles. The molecule has 0 spiro atoms. The zero-order valence-electron chi connectivity index (χ0n) is 12.8. The van der Waals surface area contributed by atoms with Gasteiger partial charge in [-0.25, -0.2) is 9.67 Å². The molecule has 0 bridgehead atoms. The number of carbonyl (C=O) groups is 1. The van der Waals surface area contributed by atoms with Crippen molar-refractivity contribution >= 4 is 5.91 Å². The molecular formula is C16H18N6O. The Balaban J connectivity index is 1.65. The van der Waals surface area contributed by atoms with Crippen LogP contribution in [0, 0.1) is 6.92 Å². The number of aryl methyl sites for hydroxylation is 1. The van der Waals surface area contributed by atoms with Crippen LogP contribution in [0.2, 0.25) is 0 Å². The van der Waals surface area contributed by atoms with Gasteiger partial charge in [0.25, 0.3) is 5.91 Å².